The number of halogens is 1. The van der Waals surface area contributed by atoms with E-state index in [0.717, 1.165) is 48.2 Å². The predicted molar refractivity (Wildman–Crippen MR) is 131 cm³/mol. The summed E-state index contributed by atoms with van der Waals surface area (Å²) in [6.45, 7) is 8.80. The van der Waals surface area contributed by atoms with Gasteiger partial charge in [-0.05, 0) is 82.1 Å². The average Bonchev–Trinajstić information content (AvgIpc) is 3.22. The van der Waals surface area contributed by atoms with E-state index in [9.17, 15) is 4.39 Å². The number of rotatable bonds is 4. The van der Waals surface area contributed by atoms with Gasteiger partial charge in [0.25, 0.3) is 0 Å². The van der Waals surface area contributed by atoms with Crippen molar-refractivity contribution >= 4 is 16.9 Å². The molecule has 0 saturated carbocycles. The lowest BCUT2D eigenvalue weighted by molar-refractivity contribution is 0.0880. The van der Waals surface area contributed by atoms with Crippen molar-refractivity contribution in [3.8, 4) is 22.8 Å². The molecule has 1 aliphatic rings. The maximum atomic E-state index is 13.1. The number of nitrogens with zero attached hydrogens (tertiary/aromatic N) is 5. The van der Waals surface area contributed by atoms with Crippen LogP contribution in [0, 0.1) is 5.82 Å². The zero-order chi connectivity index (χ0) is 23.9. The van der Waals surface area contributed by atoms with Gasteiger partial charge in [-0.3, -0.25) is 4.90 Å². The Morgan fingerprint density at radius 2 is 1.56 bits per heavy atom. The Kier molecular flexibility index (Phi) is 5.69. The van der Waals surface area contributed by atoms with E-state index in [2.05, 4.69) is 35.6 Å². The fraction of sp³-hybridized carbons (Fsp3) is 0.346. The van der Waals surface area contributed by atoms with Crippen molar-refractivity contribution in [1.29, 1.82) is 0 Å². The normalized spacial score (nSPS) is 15.6. The van der Waals surface area contributed by atoms with E-state index < -0.39 is 0 Å². The lowest BCUT2D eigenvalue weighted by Crippen LogP contribution is -2.46. The molecule has 0 bridgehead atoms. The highest BCUT2D eigenvalue weighted by Crippen LogP contribution is 2.36. The van der Waals surface area contributed by atoms with Crippen LogP contribution < -0.4 is 10.5 Å². The Morgan fingerprint density at radius 3 is 2.18 bits per heavy atom. The summed E-state index contributed by atoms with van der Waals surface area (Å²) in [6.07, 6.45) is 3.51. The Bertz CT molecular complexity index is 1290. The van der Waals surface area contributed by atoms with Gasteiger partial charge < -0.3 is 10.5 Å². The minimum absolute atomic E-state index is 0.159. The smallest absolute Gasteiger partial charge is 0.164 e. The van der Waals surface area contributed by atoms with Gasteiger partial charge in [0.2, 0.25) is 0 Å². The van der Waals surface area contributed by atoms with Gasteiger partial charge in [0.1, 0.15) is 35.2 Å². The zero-order valence-electron chi connectivity index (χ0n) is 19.7. The highest BCUT2D eigenvalue weighted by atomic mass is 19.1. The van der Waals surface area contributed by atoms with Gasteiger partial charge in [-0.25, -0.2) is 19.0 Å². The molecule has 0 unspecified atom stereocenters. The summed E-state index contributed by atoms with van der Waals surface area (Å²) in [6, 6.07) is 13.8. The predicted octanol–water partition coefficient (Wildman–Crippen LogP) is 5.44. The number of ether oxygens (including phenoxy) is 1. The average molecular weight is 461 g/mol. The van der Waals surface area contributed by atoms with Crippen molar-refractivity contribution in [2.24, 2.45) is 0 Å². The molecule has 1 fully saturated rings. The second kappa shape index (κ2) is 8.68. The third-order valence-electron chi connectivity index (χ3n) is 6.45. The van der Waals surface area contributed by atoms with Crippen molar-refractivity contribution in [3.05, 3.63) is 60.7 Å². The van der Waals surface area contributed by atoms with E-state index in [1.54, 1.807) is 12.1 Å². The van der Waals surface area contributed by atoms with Crippen molar-refractivity contribution in [3.63, 3.8) is 0 Å². The van der Waals surface area contributed by atoms with E-state index in [4.69, 9.17) is 15.6 Å². The molecule has 2 N–H and O–H groups in total. The van der Waals surface area contributed by atoms with Crippen LogP contribution in [-0.2, 0) is 0 Å². The summed E-state index contributed by atoms with van der Waals surface area (Å²) in [7, 11) is 0. The van der Waals surface area contributed by atoms with Crippen LogP contribution in [-0.4, -0.2) is 43.3 Å². The molecule has 2 aromatic heterocycles. The van der Waals surface area contributed by atoms with Crippen LogP contribution in [0.1, 0.15) is 39.7 Å². The van der Waals surface area contributed by atoms with Crippen molar-refractivity contribution in [2.45, 2.75) is 45.2 Å². The molecule has 7 nitrogen and oxygen atoms in total. The fourth-order valence-corrected chi connectivity index (χ4v) is 4.55. The van der Waals surface area contributed by atoms with Gasteiger partial charge in [-0.15, -0.1) is 0 Å². The minimum Gasteiger partial charge on any atom is -0.457 e. The van der Waals surface area contributed by atoms with E-state index >= 15 is 0 Å². The topological polar surface area (TPSA) is 82.1 Å². The SMILES string of the molecule is CC(C)(C)N1CCC(n2nc(-c3ccc(Oc4ccc(F)cc4)cc3)c3c(N)ncnc32)CC1. The minimum atomic E-state index is -0.297. The molecule has 0 radical (unpaired) electrons. The molecule has 8 heteroatoms. The van der Waals surface area contributed by atoms with Crippen LogP contribution in [0.15, 0.2) is 54.9 Å². The van der Waals surface area contributed by atoms with Crippen LogP contribution in [0.5, 0.6) is 11.5 Å². The first-order valence-electron chi connectivity index (χ1n) is 11.6. The molecule has 34 heavy (non-hydrogen) atoms. The van der Waals surface area contributed by atoms with E-state index in [-0.39, 0.29) is 17.4 Å². The maximum absolute atomic E-state index is 13.1. The van der Waals surface area contributed by atoms with E-state index in [1.165, 1.54) is 18.5 Å². The third-order valence-corrected chi connectivity index (χ3v) is 6.45. The van der Waals surface area contributed by atoms with E-state index in [0.29, 0.717) is 17.3 Å². The molecule has 2 aromatic carbocycles. The second-order valence-corrected chi connectivity index (χ2v) is 9.72. The Labute approximate surface area is 198 Å². The number of nitrogen functional groups attached to an aromatic ring is 1. The summed E-state index contributed by atoms with van der Waals surface area (Å²) in [5.41, 5.74) is 8.89. The lowest BCUT2D eigenvalue weighted by Gasteiger charge is -2.40. The largest absolute Gasteiger partial charge is 0.457 e. The van der Waals surface area contributed by atoms with Crippen molar-refractivity contribution in [1.82, 2.24) is 24.6 Å². The summed E-state index contributed by atoms with van der Waals surface area (Å²) in [4.78, 5) is 11.3. The molecule has 0 aliphatic carbocycles. The first-order valence-corrected chi connectivity index (χ1v) is 11.6. The van der Waals surface area contributed by atoms with Gasteiger partial charge in [-0.2, -0.15) is 5.10 Å². The van der Waals surface area contributed by atoms with Gasteiger partial charge in [0, 0.05) is 24.2 Å². The Hall–Kier alpha value is -3.52. The number of anilines is 1. The number of aromatic nitrogens is 4. The molecule has 5 rings (SSSR count). The monoisotopic (exact) mass is 460 g/mol. The summed E-state index contributed by atoms with van der Waals surface area (Å²) < 4.78 is 21.0. The molecule has 0 amide bonds. The van der Waals surface area contributed by atoms with Gasteiger partial charge in [0.15, 0.2) is 5.65 Å². The zero-order valence-corrected chi connectivity index (χ0v) is 19.7. The maximum Gasteiger partial charge on any atom is 0.164 e. The van der Waals surface area contributed by atoms with Gasteiger partial charge in [-0.1, -0.05) is 0 Å². The van der Waals surface area contributed by atoms with Gasteiger partial charge in [0.05, 0.1) is 11.4 Å². The number of nitrogens with two attached hydrogens (primary N) is 1. The van der Waals surface area contributed by atoms with Crippen LogP contribution in [0.2, 0.25) is 0 Å². The molecular weight excluding hydrogens is 431 g/mol. The molecule has 4 aromatic rings. The number of hydrogen-bond acceptors (Lipinski definition) is 6. The second-order valence-electron chi connectivity index (χ2n) is 9.72. The Balaban J connectivity index is 1.44. The summed E-state index contributed by atoms with van der Waals surface area (Å²) in [5.74, 6) is 1.35. The summed E-state index contributed by atoms with van der Waals surface area (Å²) >= 11 is 0. The summed E-state index contributed by atoms with van der Waals surface area (Å²) in [5, 5.41) is 5.76. The highest BCUT2D eigenvalue weighted by Gasteiger charge is 2.30. The lowest BCUT2D eigenvalue weighted by atomic mass is 9.98. The molecule has 176 valence electrons. The first-order chi connectivity index (χ1) is 16.3. The molecule has 1 aliphatic heterocycles. The van der Waals surface area contributed by atoms with Crippen LogP contribution in [0.4, 0.5) is 10.2 Å². The van der Waals surface area contributed by atoms with Gasteiger partial charge >= 0.3 is 0 Å². The number of hydrogen-bond donors (Lipinski definition) is 1. The number of likely N-dealkylation sites (tertiary alicyclic amines) is 1. The number of piperidine rings is 1. The number of fused-ring (bicyclic) bond motifs is 1. The highest BCUT2D eigenvalue weighted by molar-refractivity contribution is 5.98. The number of benzene rings is 2. The van der Waals surface area contributed by atoms with Crippen molar-refractivity contribution < 1.29 is 9.13 Å². The third kappa shape index (κ3) is 4.33. The quantitative estimate of drug-likeness (QED) is 0.437. The van der Waals surface area contributed by atoms with Crippen LogP contribution in [0.25, 0.3) is 22.3 Å². The molecule has 3 heterocycles. The van der Waals surface area contributed by atoms with Crippen LogP contribution in [0.3, 0.4) is 0 Å². The van der Waals surface area contributed by atoms with Crippen LogP contribution >= 0.6 is 0 Å². The molecule has 0 spiro atoms. The molecular formula is C26H29FN6O. The standard InChI is InChI=1S/C26H29FN6O/c1-26(2,3)32-14-12-19(13-15-32)33-25-22(24(28)29-16-30-25)23(31-33)17-4-8-20(9-5-17)34-21-10-6-18(27)7-11-21/h4-11,16,19H,12-15H2,1-3H3,(H2,28,29,30). The fourth-order valence-electron chi connectivity index (χ4n) is 4.55. The molecule has 1 saturated heterocycles. The Morgan fingerprint density at radius 1 is 0.941 bits per heavy atom. The first kappa shape index (κ1) is 22.3. The molecule has 0 atom stereocenters. The van der Waals surface area contributed by atoms with Crippen molar-refractivity contribution in [2.75, 3.05) is 18.8 Å². The van der Waals surface area contributed by atoms with E-state index in [1.807, 2.05) is 28.9 Å².